The number of nitrogens with zero attached hydrogens (tertiary/aromatic N) is 1. The second kappa shape index (κ2) is 13.0. The number of fused-ring (bicyclic) bond motifs is 1. The number of aliphatic carboxylic acids is 1. The SMILES string of the molecule is CCCCC1(CCCC)CN(c2ccccc2)c2cc(SCC)c(O/C=C(\F)C(=O)O)cc2S(O)(O)C1. The lowest BCUT2D eigenvalue weighted by molar-refractivity contribution is -0.134. The van der Waals surface area contributed by atoms with Gasteiger partial charge in [-0.05, 0) is 36.8 Å². The maximum Gasteiger partial charge on any atom is 0.368 e. The third-order valence-electron chi connectivity index (χ3n) is 6.65. The summed E-state index contributed by atoms with van der Waals surface area (Å²) in [6.07, 6.45) is 6.32. The zero-order chi connectivity index (χ0) is 27.1. The highest BCUT2D eigenvalue weighted by Crippen LogP contribution is 2.62. The summed E-state index contributed by atoms with van der Waals surface area (Å²) < 4.78 is 42.6. The number of benzene rings is 2. The van der Waals surface area contributed by atoms with E-state index in [0.717, 1.165) is 44.2 Å². The zero-order valence-corrected chi connectivity index (χ0v) is 23.4. The number of thioether (sulfide) groups is 1. The summed E-state index contributed by atoms with van der Waals surface area (Å²) in [7, 11) is -3.26. The number of carboxylic acid groups (broad SMARTS) is 1. The molecular weight excluding hydrogens is 513 g/mol. The van der Waals surface area contributed by atoms with Crippen molar-refractivity contribution in [2.45, 2.75) is 69.1 Å². The molecule has 1 heterocycles. The van der Waals surface area contributed by atoms with Crippen LogP contribution in [0.15, 0.2) is 64.3 Å². The molecule has 2 aromatic carbocycles. The third kappa shape index (κ3) is 7.22. The van der Waals surface area contributed by atoms with Crippen LogP contribution in [0.2, 0.25) is 0 Å². The van der Waals surface area contributed by atoms with E-state index < -0.39 is 22.4 Å². The van der Waals surface area contributed by atoms with Gasteiger partial charge in [-0.15, -0.1) is 11.8 Å². The molecule has 3 rings (SSSR count). The van der Waals surface area contributed by atoms with Gasteiger partial charge in [0.1, 0.15) is 12.0 Å². The highest BCUT2D eigenvalue weighted by Gasteiger charge is 2.42. The van der Waals surface area contributed by atoms with Crippen molar-refractivity contribution in [2.75, 3.05) is 23.0 Å². The Balaban J connectivity index is 2.23. The molecule has 2 aromatic rings. The fourth-order valence-corrected chi connectivity index (χ4v) is 7.81. The van der Waals surface area contributed by atoms with Crippen molar-refractivity contribution in [3.63, 3.8) is 0 Å². The number of halogens is 1. The quantitative estimate of drug-likeness (QED) is 0.138. The van der Waals surface area contributed by atoms with E-state index >= 15 is 0 Å². The average Bonchev–Trinajstić information content (AvgIpc) is 2.97. The first-order valence-electron chi connectivity index (χ1n) is 12.8. The fraction of sp³-hybridized carbons (Fsp3) is 0.464. The molecule has 0 fully saturated rings. The monoisotopic (exact) mass is 551 g/mol. The van der Waals surface area contributed by atoms with Crippen molar-refractivity contribution in [3.05, 3.63) is 54.6 Å². The van der Waals surface area contributed by atoms with Gasteiger partial charge in [-0.1, -0.05) is 64.7 Å². The molecule has 1 aliphatic heterocycles. The molecule has 0 bridgehead atoms. The van der Waals surface area contributed by atoms with Gasteiger partial charge in [0.2, 0.25) is 5.83 Å². The van der Waals surface area contributed by atoms with Gasteiger partial charge in [0, 0.05) is 29.5 Å². The fourth-order valence-electron chi connectivity index (χ4n) is 4.87. The van der Waals surface area contributed by atoms with E-state index in [4.69, 9.17) is 9.84 Å². The lowest BCUT2D eigenvalue weighted by Gasteiger charge is -2.42. The van der Waals surface area contributed by atoms with Crippen molar-refractivity contribution < 1.29 is 28.1 Å². The van der Waals surface area contributed by atoms with Crippen LogP contribution in [0.1, 0.15) is 59.3 Å². The molecule has 0 aromatic heterocycles. The number of anilines is 2. The van der Waals surface area contributed by atoms with Gasteiger partial charge in [-0.3, -0.25) is 9.11 Å². The molecule has 0 unspecified atom stereocenters. The van der Waals surface area contributed by atoms with E-state index in [9.17, 15) is 18.3 Å². The Hall–Kier alpha value is -2.20. The van der Waals surface area contributed by atoms with Gasteiger partial charge in [-0.25, -0.2) is 4.79 Å². The maximum absolute atomic E-state index is 13.7. The van der Waals surface area contributed by atoms with Crippen LogP contribution in [0.5, 0.6) is 5.75 Å². The second-order valence-corrected chi connectivity index (χ2v) is 12.9. The highest BCUT2D eigenvalue weighted by molar-refractivity contribution is 8.24. The van der Waals surface area contributed by atoms with Crippen LogP contribution >= 0.6 is 22.4 Å². The van der Waals surface area contributed by atoms with E-state index in [1.54, 1.807) is 6.07 Å². The van der Waals surface area contributed by atoms with E-state index in [1.807, 2.05) is 43.3 Å². The number of unbranched alkanes of at least 4 members (excludes halogenated alkanes) is 2. The van der Waals surface area contributed by atoms with E-state index in [-0.39, 0.29) is 16.9 Å². The Morgan fingerprint density at radius 2 is 1.78 bits per heavy atom. The Labute approximate surface area is 225 Å². The molecule has 0 saturated carbocycles. The van der Waals surface area contributed by atoms with Crippen LogP contribution in [0.3, 0.4) is 0 Å². The molecule has 0 radical (unpaired) electrons. The molecule has 1 aliphatic rings. The first kappa shape index (κ1) is 29.4. The van der Waals surface area contributed by atoms with Crippen LogP contribution in [0, 0.1) is 5.41 Å². The van der Waals surface area contributed by atoms with Gasteiger partial charge < -0.3 is 14.7 Å². The molecule has 0 atom stereocenters. The van der Waals surface area contributed by atoms with Crippen molar-refractivity contribution in [2.24, 2.45) is 5.41 Å². The van der Waals surface area contributed by atoms with E-state index in [2.05, 4.69) is 18.7 Å². The first-order valence-corrected chi connectivity index (χ1v) is 15.5. The lowest BCUT2D eigenvalue weighted by Crippen LogP contribution is -2.37. The molecule has 0 aliphatic carbocycles. The summed E-state index contributed by atoms with van der Waals surface area (Å²) in [6.45, 7) is 6.90. The molecule has 9 heteroatoms. The summed E-state index contributed by atoms with van der Waals surface area (Å²) in [5, 5.41) is 8.89. The van der Waals surface area contributed by atoms with E-state index in [0.29, 0.717) is 34.0 Å². The van der Waals surface area contributed by atoms with Crippen LogP contribution < -0.4 is 9.64 Å². The highest BCUT2D eigenvalue weighted by atomic mass is 32.3. The molecule has 0 amide bonds. The normalized spacial score (nSPS) is 17.6. The first-order chi connectivity index (χ1) is 17.7. The summed E-state index contributed by atoms with van der Waals surface area (Å²) in [5.74, 6) is -2.04. The van der Waals surface area contributed by atoms with Gasteiger partial charge in [0.15, 0.2) is 0 Å². The zero-order valence-electron chi connectivity index (χ0n) is 21.8. The van der Waals surface area contributed by atoms with Gasteiger partial charge in [0.05, 0.1) is 15.5 Å². The number of carboxylic acids is 1. The van der Waals surface area contributed by atoms with Gasteiger partial charge >= 0.3 is 5.97 Å². The average molecular weight is 552 g/mol. The van der Waals surface area contributed by atoms with Gasteiger partial charge in [-0.2, -0.15) is 15.0 Å². The van der Waals surface area contributed by atoms with Crippen molar-refractivity contribution in [1.82, 2.24) is 0 Å². The topological polar surface area (TPSA) is 90.2 Å². The Kier molecular flexibility index (Phi) is 10.3. The van der Waals surface area contributed by atoms with Crippen molar-refractivity contribution in [3.8, 4) is 5.75 Å². The van der Waals surface area contributed by atoms with Crippen LogP contribution in [-0.4, -0.2) is 38.2 Å². The molecule has 6 nitrogen and oxygen atoms in total. The minimum Gasteiger partial charge on any atom is -0.476 e. The van der Waals surface area contributed by atoms with Crippen LogP contribution in [0.4, 0.5) is 15.8 Å². The molecule has 37 heavy (non-hydrogen) atoms. The molecule has 0 saturated heterocycles. The summed E-state index contributed by atoms with van der Waals surface area (Å²) in [4.78, 5) is 14.1. The number of carbonyl (C=O) groups is 1. The number of ether oxygens (including phenoxy) is 1. The molecule has 0 spiro atoms. The van der Waals surface area contributed by atoms with E-state index in [1.165, 1.54) is 11.8 Å². The number of hydrogen-bond acceptors (Lipinski definition) is 6. The minimum atomic E-state index is -3.26. The summed E-state index contributed by atoms with van der Waals surface area (Å²) in [5.41, 5.74) is 1.33. The predicted molar refractivity (Wildman–Crippen MR) is 151 cm³/mol. The Bertz CT molecular complexity index is 1090. The number of hydrogen-bond donors (Lipinski definition) is 3. The molecule has 204 valence electrons. The molecule has 3 N–H and O–H groups in total. The predicted octanol–water partition coefficient (Wildman–Crippen LogP) is 8.70. The smallest absolute Gasteiger partial charge is 0.368 e. The van der Waals surface area contributed by atoms with Crippen LogP contribution in [-0.2, 0) is 4.79 Å². The Morgan fingerprint density at radius 3 is 2.35 bits per heavy atom. The molecular formula is C28H38FNO5S2. The Morgan fingerprint density at radius 1 is 1.14 bits per heavy atom. The van der Waals surface area contributed by atoms with Crippen molar-refractivity contribution >= 4 is 39.7 Å². The summed E-state index contributed by atoms with van der Waals surface area (Å²) in [6, 6.07) is 13.4. The second-order valence-electron chi connectivity index (χ2n) is 9.53. The van der Waals surface area contributed by atoms with Crippen molar-refractivity contribution in [1.29, 1.82) is 0 Å². The number of para-hydroxylation sites is 1. The van der Waals surface area contributed by atoms with Gasteiger partial charge in [0.25, 0.3) is 0 Å². The number of rotatable bonds is 12. The standard InChI is InChI=1S/C28H38FNO5S2/c1-4-7-14-28(15-8-5-2)19-30(21-12-10-9-11-13-21)23-16-25(36-6-3)24(35-18-22(29)27(31)32)17-26(23)37(33,34)20-28/h9-13,16-18,33-34H,4-8,14-15,19-20H2,1-3H3,(H,31,32)/b22-18-. The summed E-state index contributed by atoms with van der Waals surface area (Å²) >= 11 is 1.46. The lowest BCUT2D eigenvalue weighted by atomic mass is 9.79. The largest absolute Gasteiger partial charge is 0.476 e. The third-order valence-corrected chi connectivity index (χ3v) is 9.62. The van der Waals surface area contributed by atoms with Crippen LogP contribution in [0.25, 0.3) is 0 Å². The minimum absolute atomic E-state index is 0.199. The maximum atomic E-state index is 13.7.